The quantitative estimate of drug-likeness (QED) is 0.410. The van der Waals surface area contributed by atoms with Crippen LogP contribution in [0.4, 0.5) is 0 Å². The third kappa shape index (κ3) is 1.43. The maximum atomic E-state index is 11.0. The number of carbonyl (C=O) groups is 1. The molecule has 5 heteroatoms. The van der Waals surface area contributed by atoms with E-state index in [1.165, 1.54) is 7.11 Å². The summed E-state index contributed by atoms with van der Waals surface area (Å²) in [7, 11) is 1.24. The van der Waals surface area contributed by atoms with Gasteiger partial charge in [0.2, 0.25) is 0 Å². The van der Waals surface area contributed by atoms with Gasteiger partial charge in [0, 0.05) is 6.04 Å². The second-order valence-electron chi connectivity index (χ2n) is 3.01. The standard InChI is InChI=1S/C7H13NO4/c1-12-7(11)3-2-4(8)6(10)5(3)9/h3-6,9-10H,2,8H2,1H3/t3-,4+,5+,6-/m1/s1. The van der Waals surface area contributed by atoms with Crippen LogP contribution in [0.25, 0.3) is 0 Å². The fraction of sp³-hybridized carbons (Fsp3) is 0.857. The van der Waals surface area contributed by atoms with Crippen molar-refractivity contribution in [3.05, 3.63) is 0 Å². The Morgan fingerprint density at radius 2 is 2.08 bits per heavy atom. The minimum atomic E-state index is -1.09. The fourth-order valence-corrected chi connectivity index (χ4v) is 1.45. The van der Waals surface area contributed by atoms with Gasteiger partial charge in [-0.1, -0.05) is 0 Å². The summed E-state index contributed by atoms with van der Waals surface area (Å²) in [4.78, 5) is 11.0. The summed E-state index contributed by atoms with van der Waals surface area (Å²) in [5.74, 6) is -1.20. The summed E-state index contributed by atoms with van der Waals surface area (Å²) in [6.07, 6.45) is -1.84. The molecular weight excluding hydrogens is 162 g/mol. The van der Waals surface area contributed by atoms with E-state index in [9.17, 15) is 15.0 Å². The van der Waals surface area contributed by atoms with Crippen LogP contribution < -0.4 is 5.73 Å². The van der Waals surface area contributed by atoms with E-state index in [2.05, 4.69) is 4.74 Å². The number of nitrogens with two attached hydrogens (primary N) is 1. The highest BCUT2D eigenvalue weighted by molar-refractivity contribution is 5.73. The van der Waals surface area contributed by atoms with E-state index < -0.39 is 30.1 Å². The number of hydrogen-bond acceptors (Lipinski definition) is 5. The zero-order chi connectivity index (χ0) is 9.30. The Bertz CT molecular complexity index is 184. The Kier molecular flexibility index (Phi) is 2.66. The molecule has 1 aliphatic carbocycles. The van der Waals surface area contributed by atoms with Crippen molar-refractivity contribution >= 4 is 5.97 Å². The fourth-order valence-electron chi connectivity index (χ4n) is 1.45. The molecule has 0 radical (unpaired) electrons. The monoisotopic (exact) mass is 175 g/mol. The van der Waals surface area contributed by atoms with Crippen molar-refractivity contribution in [2.45, 2.75) is 24.7 Å². The van der Waals surface area contributed by atoms with Gasteiger partial charge < -0.3 is 20.7 Å². The van der Waals surface area contributed by atoms with Crippen LogP contribution in [0.15, 0.2) is 0 Å². The molecule has 1 rings (SSSR count). The minimum Gasteiger partial charge on any atom is -0.469 e. The van der Waals surface area contributed by atoms with Crippen molar-refractivity contribution in [3.63, 3.8) is 0 Å². The molecule has 5 nitrogen and oxygen atoms in total. The number of ether oxygens (including phenoxy) is 1. The molecule has 12 heavy (non-hydrogen) atoms. The lowest BCUT2D eigenvalue weighted by Gasteiger charge is -2.13. The Morgan fingerprint density at radius 1 is 1.50 bits per heavy atom. The maximum absolute atomic E-state index is 11.0. The first kappa shape index (κ1) is 9.44. The SMILES string of the molecule is COC(=O)[C@@H]1C[C@H](N)[C@@H](O)[C@H]1O. The number of methoxy groups -OCH3 is 1. The van der Waals surface area contributed by atoms with E-state index in [0.717, 1.165) is 0 Å². The number of hydrogen-bond donors (Lipinski definition) is 3. The molecule has 0 bridgehead atoms. The summed E-state index contributed by atoms with van der Waals surface area (Å²) >= 11 is 0. The molecule has 0 amide bonds. The molecule has 4 N–H and O–H groups in total. The first-order valence-electron chi connectivity index (χ1n) is 3.77. The van der Waals surface area contributed by atoms with E-state index in [1.807, 2.05) is 0 Å². The molecule has 0 heterocycles. The first-order valence-corrected chi connectivity index (χ1v) is 3.77. The molecule has 4 atom stereocenters. The highest BCUT2D eigenvalue weighted by atomic mass is 16.5. The Labute approximate surface area is 70.1 Å². The molecule has 0 aromatic carbocycles. The van der Waals surface area contributed by atoms with Crippen LogP contribution in [0.3, 0.4) is 0 Å². The first-order chi connectivity index (χ1) is 5.57. The molecule has 1 saturated carbocycles. The normalized spacial score (nSPS) is 41.3. The highest BCUT2D eigenvalue weighted by Gasteiger charge is 2.43. The van der Waals surface area contributed by atoms with Crippen LogP contribution in [0.5, 0.6) is 0 Å². The van der Waals surface area contributed by atoms with Gasteiger partial charge in [-0.3, -0.25) is 4.79 Å². The minimum absolute atomic E-state index is 0.273. The third-order valence-electron chi connectivity index (χ3n) is 2.23. The predicted octanol–water partition coefficient (Wildman–Crippen LogP) is -1.77. The Balaban J connectivity index is 2.64. The van der Waals surface area contributed by atoms with Crippen LogP contribution in [0.2, 0.25) is 0 Å². The van der Waals surface area contributed by atoms with Gasteiger partial charge in [-0.15, -0.1) is 0 Å². The van der Waals surface area contributed by atoms with E-state index in [4.69, 9.17) is 5.73 Å². The van der Waals surface area contributed by atoms with E-state index in [1.54, 1.807) is 0 Å². The maximum Gasteiger partial charge on any atom is 0.311 e. The number of aliphatic hydroxyl groups excluding tert-OH is 2. The summed E-state index contributed by atoms with van der Waals surface area (Å²) in [5, 5.41) is 18.5. The highest BCUT2D eigenvalue weighted by Crippen LogP contribution is 2.26. The van der Waals surface area contributed by atoms with Gasteiger partial charge in [0.15, 0.2) is 0 Å². The molecule has 0 aromatic rings. The molecule has 0 aromatic heterocycles. The second kappa shape index (κ2) is 3.38. The Morgan fingerprint density at radius 3 is 2.42 bits per heavy atom. The zero-order valence-electron chi connectivity index (χ0n) is 6.80. The summed E-state index contributed by atoms with van der Waals surface area (Å²) in [6, 6.07) is -0.538. The lowest BCUT2D eigenvalue weighted by molar-refractivity contribution is -0.149. The third-order valence-corrected chi connectivity index (χ3v) is 2.23. The molecule has 0 spiro atoms. The lowest BCUT2D eigenvalue weighted by atomic mass is 10.1. The smallest absolute Gasteiger partial charge is 0.311 e. The van der Waals surface area contributed by atoms with Gasteiger partial charge in [0.1, 0.15) is 0 Å². The molecule has 70 valence electrons. The van der Waals surface area contributed by atoms with E-state index in [-0.39, 0.29) is 6.42 Å². The number of rotatable bonds is 1. The molecule has 0 unspecified atom stereocenters. The summed E-state index contributed by atoms with van der Waals surface area (Å²) in [5.41, 5.74) is 5.43. The number of carbonyl (C=O) groups excluding carboxylic acids is 1. The largest absolute Gasteiger partial charge is 0.469 e. The Hall–Kier alpha value is -0.650. The van der Waals surface area contributed by atoms with Crippen LogP contribution in [-0.2, 0) is 9.53 Å². The number of aliphatic hydroxyl groups is 2. The van der Waals surface area contributed by atoms with Gasteiger partial charge in [-0.25, -0.2) is 0 Å². The molecule has 1 aliphatic rings. The summed E-state index contributed by atoms with van der Waals surface area (Å²) in [6.45, 7) is 0. The molecular formula is C7H13NO4. The van der Waals surface area contributed by atoms with Crippen molar-refractivity contribution in [1.82, 2.24) is 0 Å². The van der Waals surface area contributed by atoms with Gasteiger partial charge in [0.25, 0.3) is 0 Å². The lowest BCUT2D eigenvalue weighted by Crippen LogP contribution is -2.36. The van der Waals surface area contributed by atoms with Crippen LogP contribution >= 0.6 is 0 Å². The molecule has 0 aliphatic heterocycles. The van der Waals surface area contributed by atoms with Crippen molar-refractivity contribution in [2.24, 2.45) is 11.7 Å². The predicted molar refractivity (Wildman–Crippen MR) is 40.1 cm³/mol. The van der Waals surface area contributed by atoms with Gasteiger partial charge in [-0.05, 0) is 6.42 Å². The molecule has 1 fully saturated rings. The molecule has 0 saturated heterocycles. The number of esters is 1. The summed E-state index contributed by atoms with van der Waals surface area (Å²) < 4.78 is 4.44. The van der Waals surface area contributed by atoms with E-state index >= 15 is 0 Å². The topological polar surface area (TPSA) is 92.8 Å². The van der Waals surface area contributed by atoms with Crippen LogP contribution in [0.1, 0.15) is 6.42 Å². The van der Waals surface area contributed by atoms with Crippen molar-refractivity contribution in [3.8, 4) is 0 Å². The van der Waals surface area contributed by atoms with E-state index in [0.29, 0.717) is 0 Å². The van der Waals surface area contributed by atoms with Crippen molar-refractivity contribution in [2.75, 3.05) is 7.11 Å². The average Bonchev–Trinajstić information content (AvgIpc) is 2.32. The van der Waals surface area contributed by atoms with Crippen molar-refractivity contribution in [1.29, 1.82) is 0 Å². The van der Waals surface area contributed by atoms with Gasteiger partial charge in [0.05, 0.1) is 25.2 Å². The average molecular weight is 175 g/mol. The van der Waals surface area contributed by atoms with Gasteiger partial charge >= 0.3 is 5.97 Å². The van der Waals surface area contributed by atoms with Crippen molar-refractivity contribution < 1.29 is 19.7 Å². The van der Waals surface area contributed by atoms with Gasteiger partial charge in [-0.2, -0.15) is 0 Å². The van der Waals surface area contributed by atoms with Crippen LogP contribution in [-0.4, -0.2) is 41.5 Å². The second-order valence-corrected chi connectivity index (χ2v) is 3.01. The van der Waals surface area contributed by atoms with Crippen LogP contribution in [0, 0.1) is 5.92 Å². The zero-order valence-corrected chi connectivity index (χ0v) is 6.80.